The van der Waals surface area contributed by atoms with Gasteiger partial charge in [-0.15, -0.1) is 11.3 Å². The third-order valence-electron chi connectivity index (χ3n) is 3.06. The molecule has 0 atom stereocenters. The van der Waals surface area contributed by atoms with E-state index in [0.717, 1.165) is 10.4 Å². The van der Waals surface area contributed by atoms with Gasteiger partial charge in [-0.05, 0) is 31.5 Å². The zero-order valence-electron chi connectivity index (χ0n) is 11.3. The first-order valence-electron chi connectivity index (χ1n) is 6.00. The number of thiophene rings is 1. The number of nitrogens with one attached hydrogen (secondary N) is 1. The van der Waals surface area contributed by atoms with E-state index in [1.165, 1.54) is 35.6 Å². The van der Waals surface area contributed by atoms with Crippen LogP contribution in [0.2, 0.25) is 0 Å². The number of aryl methyl sites for hydroxylation is 1. The maximum Gasteiger partial charge on any atom is 0.269 e. The van der Waals surface area contributed by atoms with Gasteiger partial charge in [0.25, 0.3) is 11.6 Å². The van der Waals surface area contributed by atoms with Crippen molar-refractivity contribution in [2.75, 3.05) is 5.32 Å². The molecule has 1 N–H and O–H groups in total. The van der Waals surface area contributed by atoms with Gasteiger partial charge in [-0.25, -0.2) is 0 Å². The number of nitro benzene ring substituents is 1. The van der Waals surface area contributed by atoms with E-state index in [9.17, 15) is 14.9 Å². The van der Waals surface area contributed by atoms with E-state index in [2.05, 4.69) is 11.4 Å². The molecule has 0 saturated heterocycles. The summed E-state index contributed by atoms with van der Waals surface area (Å²) in [6, 6.07) is 7.37. The molecule has 7 heteroatoms. The normalized spacial score (nSPS) is 9.95. The number of nitriles is 1. The lowest BCUT2D eigenvalue weighted by molar-refractivity contribution is -0.384. The van der Waals surface area contributed by atoms with Gasteiger partial charge in [0, 0.05) is 22.6 Å². The SMILES string of the molecule is Cc1sc(NC(=O)c2ccc([N+](=O)[O-])cc2)c(C#N)c1C. The molecule has 21 heavy (non-hydrogen) atoms. The zero-order valence-corrected chi connectivity index (χ0v) is 12.2. The van der Waals surface area contributed by atoms with Crippen molar-refractivity contribution < 1.29 is 9.72 Å². The molecule has 2 aromatic rings. The second-order valence-electron chi connectivity index (χ2n) is 4.36. The Hall–Kier alpha value is -2.72. The molecule has 0 radical (unpaired) electrons. The molecule has 0 aliphatic rings. The summed E-state index contributed by atoms with van der Waals surface area (Å²) in [4.78, 5) is 23.1. The van der Waals surface area contributed by atoms with Crippen LogP contribution in [-0.4, -0.2) is 10.8 Å². The summed E-state index contributed by atoms with van der Waals surface area (Å²) < 4.78 is 0. The minimum atomic E-state index is -0.526. The molecule has 6 nitrogen and oxygen atoms in total. The molecular formula is C14H11N3O3S. The Balaban J connectivity index is 2.24. The molecule has 1 heterocycles. The van der Waals surface area contributed by atoms with Crippen LogP contribution in [0.1, 0.15) is 26.4 Å². The third kappa shape index (κ3) is 2.90. The van der Waals surface area contributed by atoms with Gasteiger partial charge in [0.1, 0.15) is 11.1 Å². The maximum absolute atomic E-state index is 12.1. The van der Waals surface area contributed by atoms with Crippen molar-refractivity contribution >= 4 is 27.9 Å². The summed E-state index contributed by atoms with van der Waals surface area (Å²) >= 11 is 1.33. The lowest BCUT2D eigenvalue weighted by Gasteiger charge is -2.03. The zero-order chi connectivity index (χ0) is 15.6. The van der Waals surface area contributed by atoms with Crippen LogP contribution < -0.4 is 5.32 Å². The molecule has 2 rings (SSSR count). The molecule has 1 aromatic heterocycles. The highest BCUT2D eigenvalue weighted by molar-refractivity contribution is 7.16. The van der Waals surface area contributed by atoms with Crippen LogP contribution in [0.15, 0.2) is 24.3 Å². The minimum absolute atomic E-state index is 0.0768. The average Bonchev–Trinajstić information content (AvgIpc) is 2.73. The molecule has 1 aromatic carbocycles. The Labute approximate surface area is 124 Å². The van der Waals surface area contributed by atoms with Gasteiger partial charge in [0.05, 0.1) is 10.5 Å². The highest BCUT2D eigenvalue weighted by Gasteiger charge is 2.16. The highest BCUT2D eigenvalue weighted by atomic mass is 32.1. The van der Waals surface area contributed by atoms with E-state index < -0.39 is 10.8 Å². The number of hydrogen-bond acceptors (Lipinski definition) is 5. The van der Waals surface area contributed by atoms with Crippen molar-refractivity contribution in [3.8, 4) is 6.07 Å². The molecule has 0 spiro atoms. The quantitative estimate of drug-likeness (QED) is 0.694. The third-order valence-corrected chi connectivity index (χ3v) is 4.19. The van der Waals surface area contributed by atoms with Gasteiger partial charge in [0.2, 0.25) is 0 Å². The lowest BCUT2D eigenvalue weighted by Crippen LogP contribution is -2.11. The fraction of sp³-hybridized carbons (Fsp3) is 0.143. The van der Waals surface area contributed by atoms with E-state index in [4.69, 9.17) is 5.26 Å². The van der Waals surface area contributed by atoms with Gasteiger partial charge in [0.15, 0.2) is 0 Å². The predicted molar refractivity (Wildman–Crippen MR) is 79.6 cm³/mol. The van der Waals surface area contributed by atoms with Crippen molar-refractivity contribution in [1.29, 1.82) is 5.26 Å². The molecule has 0 bridgehead atoms. The van der Waals surface area contributed by atoms with Gasteiger partial charge >= 0.3 is 0 Å². The molecule has 0 saturated carbocycles. The number of carbonyl (C=O) groups is 1. The van der Waals surface area contributed by atoms with E-state index in [1.54, 1.807) is 0 Å². The Kier molecular flexibility index (Phi) is 4.00. The van der Waals surface area contributed by atoms with Crippen LogP contribution in [0, 0.1) is 35.3 Å². The van der Waals surface area contributed by atoms with Crippen LogP contribution in [0.25, 0.3) is 0 Å². The molecule has 106 valence electrons. The summed E-state index contributed by atoms with van der Waals surface area (Å²) in [7, 11) is 0. The Morgan fingerprint density at radius 3 is 2.48 bits per heavy atom. The summed E-state index contributed by atoms with van der Waals surface area (Å²) in [5.74, 6) is -0.400. The first-order valence-corrected chi connectivity index (χ1v) is 6.81. The van der Waals surface area contributed by atoms with Crippen molar-refractivity contribution in [3.63, 3.8) is 0 Å². The van der Waals surface area contributed by atoms with Gasteiger partial charge in [-0.2, -0.15) is 5.26 Å². The fourth-order valence-electron chi connectivity index (χ4n) is 1.76. The number of hydrogen-bond donors (Lipinski definition) is 1. The number of carbonyl (C=O) groups excluding carboxylic acids is 1. The standard InChI is InChI=1S/C14H11N3O3S/c1-8-9(2)21-14(12(8)7-15)16-13(18)10-3-5-11(6-4-10)17(19)20/h3-6H,1-2H3,(H,16,18). The lowest BCUT2D eigenvalue weighted by atomic mass is 10.1. The minimum Gasteiger partial charge on any atom is -0.312 e. The number of rotatable bonds is 3. The van der Waals surface area contributed by atoms with E-state index >= 15 is 0 Å². The number of nitrogens with zero attached hydrogens (tertiary/aromatic N) is 2. The van der Waals surface area contributed by atoms with E-state index in [-0.39, 0.29) is 5.69 Å². The first-order chi connectivity index (χ1) is 9.93. The Morgan fingerprint density at radius 1 is 1.33 bits per heavy atom. The molecule has 0 aliphatic carbocycles. The van der Waals surface area contributed by atoms with Crippen LogP contribution in [0.3, 0.4) is 0 Å². The molecule has 0 aliphatic heterocycles. The predicted octanol–water partition coefficient (Wildman–Crippen LogP) is 3.40. The number of anilines is 1. The number of non-ortho nitro benzene ring substituents is 1. The van der Waals surface area contributed by atoms with Crippen LogP contribution >= 0.6 is 11.3 Å². The molecular weight excluding hydrogens is 290 g/mol. The van der Waals surface area contributed by atoms with Gasteiger partial charge in [-0.1, -0.05) is 0 Å². The average molecular weight is 301 g/mol. The first kappa shape index (κ1) is 14.7. The molecule has 0 fully saturated rings. The summed E-state index contributed by atoms with van der Waals surface area (Å²) in [6.45, 7) is 3.70. The number of nitro groups is 1. The Bertz CT molecular complexity index is 757. The topological polar surface area (TPSA) is 96.0 Å². The van der Waals surface area contributed by atoms with Gasteiger partial charge < -0.3 is 5.32 Å². The van der Waals surface area contributed by atoms with Crippen LogP contribution in [-0.2, 0) is 0 Å². The summed E-state index contributed by atoms with van der Waals surface area (Å²) in [5, 5.41) is 22.9. The van der Waals surface area contributed by atoms with Crippen LogP contribution in [0.5, 0.6) is 0 Å². The Morgan fingerprint density at radius 2 is 1.95 bits per heavy atom. The number of benzene rings is 1. The van der Waals surface area contributed by atoms with Crippen molar-refractivity contribution in [3.05, 3.63) is 55.9 Å². The molecule has 1 amide bonds. The fourth-order valence-corrected chi connectivity index (χ4v) is 2.77. The van der Waals surface area contributed by atoms with Crippen molar-refractivity contribution in [2.45, 2.75) is 13.8 Å². The van der Waals surface area contributed by atoms with Crippen LogP contribution in [0.4, 0.5) is 10.7 Å². The van der Waals surface area contributed by atoms with Gasteiger partial charge in [-0.3, -0.25) is 14.9 Å². The van der Waals surface area contributed by atoms with Crippen molar-refractivity contribution in [1.82, 2.24) is 0 Å². The monoisotopic (exact) mass is 301 g/mol. The molecule has 0 unspecified atom stereocenters. The van der Waals surface area contributed by atoms with E-state index in [1.807, 2.05) is 13.8 Å². The highest BCUT2D eigenvalue weighted by Crippen LogP contribution is 2.32. The maximum atomic E-state index is 12.1. The second kappa shape index (κ2) is 5.73. The summed E-state index contributed by atoms with van der Waals surface area (Å²) in [5.41, 5.74) is 1.52. The second-order valence-corrected chi connectivity index (χ2v) is 5.58. The van der Waals surface area contributed by atoms with E-state index in [0.29, 0.717) is 16.1 Å². The largest absolute Gasteiger partial charge is 0.312 e. The smallest absolute Gasteiger partial charge is 0.269 e. The summed E-state index contributed by atoms with van der Waals surface area (Å²) in [6.07, 6.45) is 0. The van der Waals surface area contributed by atoms with Crippen molar-refractivity contribution in [2.24, 2.45) is 0 Å². The number of amides is 1.